The van der Waals surface area contributed by atoms with E-state index in [1.54, 1.807) is 0 Å². The van der Waals surface area contributed by atoms with Gasteiger partial charge in [-0.25, -0.2) is 0 Å². The maximum Gasteiger partial charge on any atom is 0.0984 e. The fraction of sp³-hybridized carbons (Fsp3) is 0.917. The summed E-state index contributed by atoms with van der Waals surface area (Å²) in [6.45, 7) is 8.22. The topological polar surface area (TPSA) is 52.8 Å². The van der Waals surface area contributed by atoms with Crippen molar-refractivity contribution in [3.05, 3.63) is 0 Å². The Balaban J connectivity index is 4.66. The highest BCUT2D eigenvalue weighted by atomic mass is 16.4. The van der Waals surface area contributed by atoms with Crippen LogP contribution in [0.2, 0.25) is 0 Å². The average Bonchev–Trinajstić information content (AvgIpc) is 2.27. The van der Waals surface area contributed by atoms with E-state index < -0.39 is 6.10 Å². The summed E-state index contributed by atoms with van der Waals surface area (Å²) in [7, 11) is 0. The van der Waals surface area contributed by atoms with Crippen molar-refractivity contribution in [3.8, 4) is 0 Å². The largest absolute Gasteiger partial charge is 0.411 e. The number of nitrogens with zero attached hydrogens (tertiary/aromatic N) is 1. The summed E-state index contributed by atoms with van der Waals surface area (Å²) in [5.74, 6) is 0.405. The van der Waals surface area contributed by atoms with E-state index in [9.17, 15) is 5.11 Å². The second kappa shape index (κ2) is 7.69. The Morgan fingerprint density at radius 3 is 1.73 bits per heavy atom. The predicted molar refractivity (Wildman–Crippen MR) is 63.4 cm³/mol. The molecule has 0 fully saturated rings. The van der Waals surface area contributed by atoms with E-state index in [1.807, 2.05) is 0 Å². The van der Waals surface area contributed by atoms with Gasteiger partial charge in [0.1, 0.15) is 0 Å². The molecule has 0 aromatic carbocycles. The van der Waals surface area contributed by atoms with Crippen LogP contribution >= 0.6 is 0 Å². The van der Waals surface area contributed by atoms with E-state index >= 15 is 0 Å². The molecule has 1 unspecified atom stereocenters. The third-order valence-corrected chi connectivity index (χ3v) is 3.32. The minimum Gasteiger partial charge on any atom is -0.411 e. The standard InChI is InChI=1S/C12H25NO2/c1-5-9(6-2)11(13-15)12(14)10(7-3)8-4/h9-10,12,14-15H,5-8H2,1-4H3/b13-11+. The molecule has 0 amide bonds. The molecule has 3 heteroatoms. The van der Waals surface area contributed by atoms with Crippen molar-refractivity contribution in [1.82, 2.24) is 0 Å². The summed E-state index contributed by atoms with van der Waals surface area (Å²) >= 11 is 0. The van der Waals surface area contributed by atoms with Gasteiger partial charge in [-0.3, -0.25) is 0 Å². The van der Waals surface area contributed by atoms with Crippen molar-refractivity contribution in [3.63, 3.8) is 0 Å². The van der Waals surface area contributed by atoms with Crippen LogP contribution in [0.15, 0.2) is 5.16 Å². The highest BCUT2D eigenvalue weighted by Gasteiger charge is 2.26. The zero-order valence-electron chi connectivity index (χ0n) is 10.4. The Labute approximate surface area is 93.2 Å². The van der Waals surface area contributed by atoms with Gasteiger partial charge in [0.15, 0.2) is 0 Å². The molecule has 90 valence electrons. The van der Waals surface area contributed by atoms with Gasteiger partial charge >= 0.3 is 0 Å². The smallest absolute Gasteiger partial charge is 0.0984 e. The Morgan fingerprint density at radius 1 is 1.00 bits per heavy atom. The average molecular weight is 215 g/mol. The van der Waals surface area contributed by atoms with E-state index in [2.05, 4.69) is 32.9 Å². The van der Waals surface area contributed by atoms with Gasteiger partial charge in [-0.15, -0.1) is 0 Å². The van der Waals surface area contributed by atoms with Crippen LogP contribution in [0.5, 0.6) is 0 Å². The lowest BCUT2D eigenvalue weighted by Gasteiger charge is -2.25. The predicted octanol–water partition coefficient (Wildman–Crippen LogP) is 3.05. The SMILES string of the molecule is CCC(CC)/C(=N\O)C(O)C(CC)CC. The van der Waals surface area contributed by atoms with Crippen molar-refractivity contribution >= 4 is 5.71 Å². The summed E-state index contributed by atoms with van der Waals surface area (Å²) in [6, 6.07) is 0. The molecule has 0 aliphatic carbocycles. The van der Waals surface area contributed by atoms with Crippen LogP contribution < -0.4 is 0 Å². The van der Waals surface area contributed by atoms with Gasteiger partial charge in [-0.2, -0.15) is 0 Å². The second-order valence-electron chi connectivity index (χ2n) is 4.06. The summed E-state index contributed by atoms with van der Waals surface area (Å²) in [4.78, 5) is 0. The number of aliphatic hydroxyl groups excluding tert-OH is 1. The molecule has 0 radical (unpaired) electrons. The van der Waals surface area contributed by atoms with Crippen molar-refractivity contribution in [1.29, 1.82) is 0 Å². The van der Waals surface area contributed by atoms with Gasteiger partial charge in [0.2, 0.25) is 0 Å². The molecule has 15 heavy (non-hydrogen) atoms. The lowest BCUT2D eigenvalue weighted by atomic mass is 9.85. The Morgan fingerprint density at radius 2 is 1.47 bits per heavy atom. The van der Waals surface area contributed by atoms with Crippen molar-refractivity contribution in [2.45, 2.75) is 59.5 Å². The Bertz CT molecular complexity index is 184. The highest BCUT2D eigenvalue weighted by molar-refractivity contribution is 5.90. The molecular weight excluding hydrogens is 190 g/mol. The first-order chi connectivity index (χ1) is 7.15. The first-order valence-corrected chi connectivity index (χ1v) is 6.05. The Kier molecular flexibility index (Phi) is 7.39. The highest BCUT2D eigenvalue weighted by Crippen LogP contribution is 2.21. The zero-order valence-corrected chi connectivity index (χ0v) is 10.4. The summed E-state index contributed by atoms with van der Waals surface area (Å²) in [5.41, 5.74) is 0.564. The van der Waals surface area contributed by atoms with Crippen molar-refractivity contribution in [2.75, 3.05) is 0 Å². The molecule has 0 spiro atoms. The van der Waals surface area contributed by atoms with Gasteiger partial charge in [-0.1, -0.05) is 45.7 Å². The van der Waals surface area contributed by atoms with E-state index in [0.717, 1.165) is 25.7 Å². The third-order valence-electron chi connectivity index (χ3n) is 3.32. The maximum atomic E-state index is 10.1. The zero-order chi connectivity index (χ0) is 11.8. The van der Waals surface area contributed by atoms with E-state index in [-0.39, 0.29) is 11.8 Å². The molecule has 3 nitrogen and oxygen atoms in total. The molecule has 2 N–H and O–H groups in total. The van der Waals surface area contributed by atoms with Crippen molar-refractivity contribution in [2.24, 2.45) is 17.0 Å². The minimum absolute atomic E-state index is 0.200. The van der Waals surface area contributed by atoms with Crippen LogP contribution in [0.1, 0.15) is 53.4 Å². The number of hydrogen-bond acceptors (Lipinski definition) is 3. The molecule has 0 aromatic heterocycles. The van der Waals surface area contributed by atoms with Gasteiger partial charge in [0.05, 0.1) is 11.8 Å². The van der Waals surface area contributed by atoms with Crippen molar-refractivity contribution < 1.29 is 10.3 Å². The first kappa shape index (κ1) is 14.4. The molecule has 0 saturated heterocycles. The van der Waals surface area contributed by atoms with Gasteiger partial charge in [0.25, 0.3) is 0 Å². The van der Waals surface area contributed by atoms with Gasteiger partial charge in [0, 0.05) is 5.92 Å². The normalized spacial score (nSPS) is 15.0. The van der Waals surface area contributed by atoms with Crippen LogP contribution in [-0.4, -0.2) is 22.1 Å². The molecule has 0 rings (SSSR count). The summed E-state index contributed by atoms with van der Waals surface area (Å²) in [6.07, 6.45) is 3.06. The molecule has 0 bridgehead atoms. The number of hydrogen-bond donors (Lipinski definition) is 2. The summed E-state index contributed by atoms with van der Waals surface area (Å²) in [5, 5.41) is 22.4. The van der Waals surface area contributed by atoms with E-state index in [1.165, 1.54) is 0 Å². The molecule has 1 atom stereocenters. The fourth-order valence-corrected chi connectivity index (χ4v) is 2.07. The van der Waals surface area contributed by atoms with Crippen LogP contribution in [-0.2, 0) is 0 Å². The maximum absolute atomic E-state index is 10.1. The fourth-order valence-electron chi connectivity index (χ4n) is 2.07. The molecule has 0 saturated carbocycles. The quantitative estimate of drug-likeness (QED) is 0.389. The summed E-state index contributed by atoms with van der Waals surface area (Å²) < 4.78 is 0. The van der Waals surface area contributed by atoms with Gasteiger partial charge in [-0.05, 0) is 18.8 Å². The van der Waals surface area contributed by atoms with Gasteiger partial charge < -0.3 is 10.3 Å². The number of aliphatic hydroxyl groups is 1. The lowest BCUT2D eigenvalue weighted by molar-refractivity contribution is 0.151. The van der Waals surface area contributed by atoms with Crippen LogP contribution in [0.4, 0.5) is 0 Å². The number of oxime groups is 1. The Hall–Kier alpha value is -0.570. The van der Waals surface area contributed by atoms with Crippen LogP contribution in [0.25, 0.3) is 0 Å². The minimum atomic E-state index is -0.588. The molecule has 0 aliphatic rings. The molecular formula is C12H25NO2. The lowest BCUT2D eigenvalue weighted by Crippen LogP contribution is -2.34. The molecule has 0 aliphatic heterocycles. The third kappa shape index (κ3) is 3.82. The van der Waals surface area contributed by atoms with E-state index in [0.29, 0.717) is 5.71 Å². The first-order valence-electron chi connectivity index (χ1n) is 6.05. The molecule has 0 aromatic rings. The molecule has 0 heterocycles. The second-order valence-corrected chi connectivity index (χ2v) is 4.06. The van der Waals surface area contributed by atoms with E-state index in [4.69, 9.17) is 5.21 Å². The number of rotatable bonds is 7. The monoisotopic (exact) mass is 215 g/mol. The van der Waals surface area contributed by atoms with Crippen LogP contribution in [0, 0.1) is 11.8 Å². The van der Waals surface area contributed by atoms with Crippen LogP contribution in [0.3, 0.4) is 0 Å².